The molecule has 0 bridgehead atoms. The molecule has 1 aromatic heterocycles. The van der Waals surface area contributed by atoms with Crippen molar-refractivity contribution in [1.29, 1.82) is 0 Å². The Morgan fingerprint density at radius 3 is 2.92 bits per heavy atom. The number of carbonyl (C=O) groups excluding carboxylic acids is 2. The van der Waals surface area contributed by atoms with Crippen molar-refractivity contribution >= 4 is 17.9 Å². The molecule has 0 saturated carbocycles. The highest BCUT2D eigenvalue weighted by Crippen LogP contribution is 2.29. The van der Waals surface area contributed by atoms with Gasteiger partial charge in [0.1, 0.15) is 0 Å². The lowest BCUT2D eigenvalue weighted by atomic mass is 9.87. The lowest BCUT2D eigenvalue weighted by Crippen LogP contribution is -2.51. The first-order chi connectivity index (χ1) is 11.5. The Kier molecular flexibility index (Phi) is 6.14. The Morgan fingerprint density at radius 1 is 1.50 bits per heavy atom. The number of nitrogens with zero attached hydrogens (tertiary/aromatic N) is 3. The zero-order valence-corrected chi connectivity index (χ0v) is 14.6. The van der Waals surface area contributed by atoms with Gasteiger partial charge in [0.05, 0.1) is 23.8 Å². The lowest BCUT2D eigenvalue weighted by molar-refractivity contribution is -0.138. The quantitative estimate of drug-likeness (QED) is 0.796. The second kappa shape index (κ2) is 8.10. The average molecular weight is 334 g/mol. The molecule has 0 spiro atoms. The Labute approximate surface area is 142 Å². The summed E-state index contributed by atoms with van der Waals surface area (Å²) in [6, 6.07) is 0. The third-order valence-electron chi connectivity index (χ3n) is 4.50. The number of amides is 2. The summed E-state index contributed by atoms with van der Waals surface area (Å²) in [6.07, 6.45) is 9.26. The number of ether oxygens (including phenoxy) is 1. The van der Waals surface area contributed by atoms with Crippen molar-refractivity contribution in [2.24, 2.45) is 0 Å². The second-order valence-electron chi connectivity index (χ2n) is 6.38. The van der Waals surface area contributed by atoms with Gasteiger partial charge in [-0.05, 0) is 25.3 Å². The fourth-order valence-corrected chi connectivity index (χ4v) is 2.94. The fourth-order valence-electron chi connectivity index (χ4n) is 2.94. The number of methoxy groups -OCH3 is 1. The van der Waals surface area contributed by atoms with Crippen LogP contribution in [0.3, 0.4) is 0 Å². The van der Waals surface area contributed by atoms with Gasteiger partial charge in [0.15, 0.2) is 0 Å². The Hall–Kier alpha value is -2.15. The van der Waals surface area contributed by atoms with Crippen LogP contribution in [0.25, 0.3) is 6.08 Å². The first-order valence-electron chi connectivity index (χ1n) is 8.16. The zero-order chi connectivity index (χ0) is 17.6. The van der Waals surface area contributed by atoms with Crippen molar-refractivity contribution in [3.8, 4) is 0 Å². The summed E-state index contributed by atoms with van der Waals surface area (Å²) in [7, 11) is 5.16. The number of piperidine rings is 1. The van der Waals surface area contributed by atoms with Gasteiger partial charge < -0.3 is 19.5 Å². The first kappa shape index (κ1) is 18.2. The van der Waals surface area contributed by atoms with Gasteiger partial charge in [-0.25, -0.2) is 4.98 Å². The van der Waals surface area contributed by atoms with Crippen molar-refractivity contribution < 1.29 is 14.3 Å². The number of hydrogen-bond acceptors (Lipinski definition) is 4. The molecule has 2 heterocycles. The number of imidazole rings is 1. The van der Waals surface area contributed by atoms with Gasteiger partial charge in [0, 0.05) is 46.8 Å². The molecule has 0 aliphatic carbocycles. The van der Waals surface area contributed by atoms with E-state index < -0.39 is 5.60 Å². The van der Waals surface area contributed by atoms with Crippen molar-refractivity contribution in [3.63, 3.8) is 0 Å². The zero-order valence-electron chi connectivity index (χ0n) is 14.6. The van der Waals surface area contributed by atoms with Crippen molar-refractivity contribution in [3.05, 3.63) is 24.3 Å². The van der Waals surface area contributed by atoms with Crippen molar-refractivity contribution in [2.75, 3.05) is 34.3 Å². The highest BCUT2D eigenvalue weighted by molar-refractivity contribution is 5.91. The third-order valence-corrected chi connectivity index (χ3v) is 4.50. The van der Waals surface area contributed by atoms with E-state index in [2.05, 4.69) is 9.97 Å². The molecule has 0 aromatic carbocycles. The fraction of sp³-hybridized carbons (Fsp3) is 0.588. The Morgan fingerprint density at radius 2 is 2.29 bits per heavy atom. The van der Waals surface area contributed by atoms with Crippen molar-refractivity contribution in [1.82, 2.24) is 19.8 Å². The molecular weight excluding hydrogens is 308 g/mol. The van der Waals surface area contributed by atoms with Crippen LogP contribution in [0.2, 0.25) is 0 Å². The van der Waals surface area contributed by atoms with Crippen LogP contribution in [0.4, 0.5) is 0 Å². The Balaban J connectivity index is 1.97. The predicted molar refractivity (Wildman–Crippen MR) is 91.1 cm³/mol. The van der Waals surface area contributed by atoms with E-state index in [1.165, 1.54) is 0 Å². The lowest BCUT2D eigenvalue weighted by Gasteiger charge is -2.41. The van der Waals surface area contributed by atoms with E-state index in [1.807, 2.05) is 0 Å². The minimum atomic E-state index is -0.443. The van der Waals surface area contributed by atoms with E-state index in [1.54, 1.807) is 55.7 Å². The number of likely N-dealkylation sites (tertiary alicyclic amines) is 1. The van der Waals surface area contributed by atoms with Gasteiger partial charge in [-0.2, -0.15) is 0 Å². The molecule has 1 atom stereocenters. The van der Waals surface area contributed by atoms with Crippen LogP contribution in [-0.4, -0.2) is 71.5 Å². The highest BCUT2D eigenvalue weighted by Gasteiger charge is 2.37. The van der Waals surface area contributed by atoms with Crippen molar-refractivity contribution in [2.45, 2.75) is 31.3 Å². The molecule has 132 valence electrons. The van der Waals surface area contributed by atoms with E-state index in [0.717, 1.165) is 18.5 Å². The van der Waals surface area contributed by atoms with Gasteiger partial charge >= 0.3 is 0 Å². The molecule has 1 N–H and O–H groups in total. The van der Waals surface area contributed by atoms with Gasteiger partial charge in [-0.3, -0.25) is 9.59 Å². The Bertz CT molecular complexity index is 583. The minimum Gasteiger partial charge on any atom is -0.376 e. The van der Waals surface area contributed by atoms with Gasteiger partial charge in [0.25, 0.3) is 0 Å². The smallest absolute Gasteiger partial charge is 0.246 e. The van der Waals surface area contributed by atoms with Gasteiger partial charge in [-0.1, -0.05) is 0 Å². The largest absolute Gasteiger partial charge is 0.376 e. The standard InChI is InChI=1S/C17H26N4O3/c1-20(2)15(22)7-9-17(24-3)8-4-10-21(12-17)16(23)6-5-14-11-18-13-19-14/h5-6,11,13H,4,7-10,12H2,1-3H3,(H,18,19)/b6-5+/t17-/m1/s1. The highest BCUT2D eigenvalue weighted by atomic mass is 16.5. The van der Waals surface area contributed by atoms with Crippen LogP contribution in [-0.2, 0) is 14.3 Å². The van der Waals surface area contributed by atoms with E-state index in [4.69, 9.17) is 4.74 Å². The molecular formula is C17H26N4O3. The third kappa shape index (κ3) is 4.67. The van der Waals surface area contributed by atoms with E-state index >= 15 is 0 Å². The molecule has 2 amide bonds. The molecule has 0 radical (unpaired) electrons. The molecule has 1 aliphatic rings. The minimum absolute atomic E-state index is 0.0512. The van der Waals surface area contributed by atoms with Crippen LogP contribution >= 0.6 is 0 Å². The molecule has 1 aromatic rings. The van der Waals surface area contributed by atoms with Gasteiger partial charge in [-0.15, -0.1) is 0 Å². The predicted octanol–water partition coefficient (Wildman–Crippen LogP) is 1.30. The molecule has 1 aliphatic heterocycles. The maximum atomic E-state index is 12.4. The number of carbonyl (C=O) groups is 2. The maximum Gasteiger partial charge on any atom is 0.246 e. The van der Waals surface area contributed by atoms with Crippen LogP contribution in [0.1, 0.15) is 31.4 Å². The summed E-state index contributed by atoms with van der Waals surface area (Å²) in [5.41, 5.74) is 0.344. The first-order valence-corrected chi connectivity index (χ1v) is 8.16. The summed E-state index contributed by atoms with van der Waals surface area (Å²) >= 11 is 0. The average Bonchev–Trinajstić information content (AvgIpc) is 3.11. The normalized spacial score (nSPS) is 21.2. The maximum absolute atomic E-state index is 12.4. The van der Waals surface area contributed by atoms with Crippen LogP contribution < -0.4 is 0 Å². The molecule has 24 heavy (non-hydrogen) atoms. The SMILES string of the molecule is CO[C@@]1(CCC(=O)N(C)C)CCCN(C(=O)/C=C/c2cnc[nH]2)C1. The van der Waals surface area contributed by atoms with E-state index in [0.29, 0.717) is 25.9 Å². The number of aromatic nitrogens is 2. The number of hydrogen-bond donors (Lipinski definition) is 1. The van der Waals surface area contributed by atoms with Crippen LogP contribution in [0.5, 0.6) is 0 Å². The topological polar surface area (TPSA) is 78.5 Å². The summed E-state index contributed by atoms with van der Waals surface area (Å²) in [6.45, 7) is 1.22. The summed E-state index contributed by atoms with van der Waals surface area (Å²) in [5, 5.41) is 0. The summed E-state index contributed by atoms with van der Waals surface area (Å²) in [5.74, 6) is 0.0266. The summed E-state index contributed by atoms with van der Waals surface area (Å²) < 4.78 is 5.73. The number of nitrogens with one attached hydrogen (secondary N) is 1. The number of H-pyrrole nitrogens is 1. The molecule has 1 fully saturated rings. The molecule has 7 nitrogen and oxygen atoms in total. The van der Waals surface area contributed by atoms with E-state index in [9.17, 15) is 9.59 Å². The number of rotatable bonds is 6. The second-order valence-corrected chi connectivity index (χ2v) is 6.38. The van der Waals surface area contributed by atoms with Crippen LogP contribution in [0, 0.1) is 0 Å². The molecule has 7 heteroatoms. The van der Waals surface area contributed by atoms with E-state index in [-0.39, 0.29) is 11.8 Å². The molecule has 2 rings (SSSR count). The van der Waals surface area contributed by atoms with Gasteiger partial charge in [0.2, 0.25) is 11.8 Å². The summed E-state index contributed by atoms with van der Waals surface area (Å²) in [4.78, 5) is 34.5. The number of aromatic amines is 1. The van der Waals surface area contributed by atoms with Crippen LogP contribution in [0.15, 0.2) is 18.6 Å². The molecule has 1 saturated heterocycles. The molecule has 0 unspecified atom stereocenters. The monoisotopic (exact) mass is 334 g/mol.